The van der Waals surface area contributed by atoms with Crippen LogP contribution in [0.3, 0.4) is 0 Å². The number of rotatable bonds is 6. The summed E-state index contributed by atoms with van der Waals surface area (Å²) in [5.41, 5.74) is 5.34. The molecule has 2 N–H and O–H groups in total. The second kappa shape index (κ2) is 10.1. The molecule has 4 heteroatoms. The van der Waals surface area contributed by atoms with E-state index in [2.05, 4.69) is 71.3 Å². The highest BCUT2D eigenvalue weighted by Crippen LogP contribution is 2.34. The van der Waals surface area contributed by atoms with Crippen LogP contribution >= 0.6 is 0 Å². The molecule has 0 aromatic heterocycles. The van der Waals surface area contributed by atoms with Crippen molar-refractivity contribution < 1.29 is 9.59 Å². The van der Waals surface area contributed by atoms with Crippen LogP contribution in [0.4, 0.5) is 11.4 Å². The van der Waals surface area contributed by atoms with Crippen molar-refractivity contribution in [3.05, 3.63) is 107 Å². The molecule has 0 heterocycles. The van der Waals surface area contributed by atoms with Crippen LogP contribution in [0.15, 0.2) is 107 Å². The summed E-state index contributed by atoms with van der Waals surface area (Å²) in [6.45, 7) is 0. The molecule has 0 bridgehead atoms. The Kier molecular flexibility index (Phi) is 6.32. The molecule has 0 saturated heterocycles. The van der Waals surface area contributed by atoms with E-state index < -0.39 is 0 Å². The van der Waals surface area contributed by atoms with Gasteiger partial charge in [0.15, 0.2) is 11.6 Å². The maximum Gasteiger partial charge on any atom is 0.160 e. The molecular formula is C33H30N2O2. The molecule has 0 saturated carbocycles. The van der Waals surface area contributed by atoms with Gasteiger partial charge in [0.2, 0.25) is 0 Å². The molecule has 0 fully saturated rings. The van der Waals surface area contributed by atoms with E-state index in [1.54, 1.807) is 0 Å². The monoisotopic (exact) mass is 486 g/mol. The van der Waals surface area contributed by atoms with Gasteiger partial charge in [0.25, 0.3) is 0 Å². The highest BCUT2D eigenvalue weighted by atomic mass is 16.1. The fourth-order valence-electron chi connectivity index (χ4n) is 5.54. The Labute approximate surface area is 217 Å². The van der Waals surface area contributed by atoms with Gasteiger partial charge in [-0.2, -0.15) is 0 Å². The van der Waals surface area contributed by atoms with Crippen LogP contribution in [0.2, 0.25) is 0 Å². The van der Waals surface area contributed by atoms with Crippen molar-refractivity contribution in [2.75, 3.05) is 10.6 Å². The molecule has 0 radical (unpaired) electrons. The number of hydrogen-bond acceptors (Lipinski definition) is 4. The van der Waals surface area contributed by atoms with E-state index in [1.165, 1.54) is 10.8 Å². The molecule has 0 atom stereocenters. The zero-order chi connectivity index (χ0) is 25.2. The van der Waals surface area contributed by atoms with E-state index in [0.29, 0.717) is 19.3 Å². The van der Waals surface area contributed by atoms with Gasteiger partial charge in [-0.1, -0.05) is 60.7 Å². The predicted octanol–water partition coefficient (Wildman–Crippen LogP) is 7.92. The number of benzene rings is 4. The van der Waals surface area contributed by atoms with Crippen molar-refractivity contribution in [3.63, 3.8) is 0 Å². The van der Waals surface area contributed by atoms with Gasteiger partial charge in [0, 0.05) is 53.2 Å². The lowest BCUT2D eigenvalue weighted by molar-refractivity contribution is -0.116. The number of anilines is 2. The minimum Gasteiger partial charge on any atom is -0.359 e. The molecule has 37 heavy (non-hydrogen) atoms. The number of ketones is 2. The lowest BCUT2D eigenvalue weighted by Crippen LogP contribution is -2.22. The summed E-state index contributed by atoms with van der Waals surface area (Å²) in [4.78, 5) is 26.3. The quantitative estimate of drug-likeness (QED) is 0.291. The van der Waals surface area contributed by atoms with E-state index in [0.717, 1.165) is 70.4 Å². The SMILES string of the molecule is O=C1CCCC(Nc2ccc3ccccc3c2)=C1CC1=C(Nc2ccc3ccccc3c2)CCCC1=O. The number of allylic oxidation sites excluding steroid dienone is 4. The summed E-state index contributed by atoms with van der Waals surface area (Å²) in [6, 6.07) is 29.1. The van der Waals surface area contributed by atoms with E-state index in [-0.39, 0.29) is 11.6 Å². The van der Waals surface area contributed by atoms with Crippen LogP contribution in [-0.2, 0) is 9.59 Å². The maximum atomic E-state index is 13.1. The van der Waals surface area contributed by atoms with Crippen LogP contribution in [0.25, 0.3) is 21.5 Å². The Balaban J connectivity index is 1.33. The van der Waals surface area contributed by atoms with Gasteiger partial charge in [-0.3, -0.25) is 9.59 Å². The molecule has 0 unspecified atom stereocenters. The largest absolute Gasteiger partial charge is 0.359 e. The van der Waals surface area contributed by atoms with Crippen LogP contribution in [0, 0.1) is 0 Å². The van der Waals surface area contributed by atoms with Crippen molar-refractivity contribution >= 4 is 44.5 Å². The zero-order valence-electron chi connectivity index (χ0n) is 20.8. The van der Waals surface area contributed by atoms with Gasteiger partial charge < -0.3 is 10.6 Å². The maximum absolute atomic E-state index is 13.1. The Hall–Kier alpha value is -4.18. The summed E-state index contributed by atoms with van der Waals surface area (Å²) in [7, 11) is 0. The zero-order valence-corrected chi connectivity index (χ0v) is 20.8. The van der Waals surface area contributed by atoms with Gasteiger partial charge >= 0.3 is 0 Å². The standard InChI is InChI=1S/C33H30N2O2/c36-32-13-5-11-30(34-26-17-15-22-7-1-3-9-24(22)19-26)28(32)21-29-31(12-6-14-33(29)37)35-27-18-16-23-8-2-4-10-25(23)20-27/h1-4,7-10,15-20,34-35H,5-6,11-14,21H2. The van der Waals surface area contributed by atoms with E-state index in [4.69, 9.17) is 0 Å². The fourth-order valence-corrected chi connectivity index (χ4v) is 5.54. The summed E-state index contributed by atoms with van der Waals surface area (Å²) in [5.74, 6) is 0.288. The summed E-state index contributed by atoms with van der Waals surface area (Å²) >= 11 is 0. The van der Waals surface area contributed by atoms with Crippen LogP contribution in [0.5, 0.6) is 0 Å². The smallest absolute Gasteiger partial charge is 0.160 e. The fraction of sp³-hybridized carbons (Fsp3) is 0.212. The normalized spacial score (nSPS) is 16.5. The van der Waals surface area contributed by atoms with Gasteiger partial charge in [0.1, 0.15) is 0 Å². The molecule has 4 nitrogen and oxygen atoms in total. The van der Waals surface area contributed by atoms with Gasteiger partial charge in [-0.05, 0) is 71.5 Å². The average Bonchev–Trinajstić information content (AvgIpc) is 2.92. The molecule has 0 spiro atoms. The molecule has 4 aromatic carbocycles. The Morgan fingerprint density at radius 2 is 0.946 bits per heavy atom. The summed E-state index contributed by atoms with van der Waals surface area (Å²) < 4.78 is 0. The van der Waals surface area contributed by atoms with Crippen molar-refractivity contribution in [2.24, 2.45) is 0 Å². The van der Waals surface area contributed by atoms with Crippen LogP contribution < -0.4 is 10.6 Å². The van der Waals surface area contributed by atoms with Crippen molar-refractivity contribution in [1.29, 1.82) is 0 Å². The van der Waals surface area contributed by atoms with Crippen molar-refractivity contribution in [1.82, 2.24) is 0 Å². The molecule has 6 rings (SSSR count). The Bertz CT molecular complexity index is 1480. The van der Waals surface area contributed by atoms with Crippen molar-refractivity contribution in [2.45, 2.75) is 44.9 Å². The number of nitrogens with one attached hydrogen (secondary N) is 2. The third-order valence-electron chi connectivity index (χ3n) is 7.51. The van der Waals surface area contributed by atoms with Crippen molar-refractivity contribution in [3.8, 4) is 0 Å². The molecule has 0 aliphatic heterocycles. The highest BCUT2D eigenvalue weighted by molar-refractivity contribution is 6.03. The number of carbonyl (C=O) groups is 2. The summed E-state index contributed by atoms with van der Waals surface area (Å²) in [6.07, 6.45) is 4.72. The van der Waals surface area contributed by atoms with Gasteiger partial charge in [-0.15, -0.1) is 0 Å². The van der Waals surface area contributed by atoms with E-state index in [9.17, 15) is 9.59 Å². The van der Waals surface area contributed by atoms with Crippen LogP contribution in [-0.4, -0.2) is 11.6 Å². The summed E-state index contributed by atoms with van der Waals surface area (Å²) in [5, 5.41) is 11.8. The molecule has 184 valence electrons. The minimum atomic E-state index is 0.144. The first kappa shape index (κ1) is 23.2. The minimum absolute atomic E-state index is 0.144. The van der Waals surface area contributed by atoms with Gasteiger partial charge in [-0.25, -0.2) is 0 Å². The molecule has 0 amide bonds. The second-order valence-corrected chi connectivity index (χ2v) is 10.0. The number of hydrogen-bond donors (Lipinski definition) is 2. The Morgan fingerprint density at radius 3 is 1.41 bits per heavy atom. The number of carbonyl (C=O) groups excluding carboxylic acids is 2. The lowest BCUT2D eigenvalue weighted by Gasteiger charge is -2.25. The first-order valence-corrected chi connectivity index (χ1v) is 13.2. The topological polar surface area (TPSA) is 58.2 Å². The number of fused-ring (bicyclic) bond motifs is 2. The first-order valence-electron chi connectivity index (χ1n) is 13.2. The second-order valence-electron chi connectivity index (χ2n) is 10.0. The predicted molar refractivity (Wildman–Crippen MR) is 152 cm³/mol. The lowest BCUT2D eigenvalue weighted by atomic mass is 9.84. The average molecular weight is 487 g/mol. The molecular weight excluding hydrogens is 456 g/mol. The Morgan fingerprint density at radius 1 is 0.514 bits per heavy atom. The third-order valence-corrected chi connectivity index (χ3v) is 7.51. The molecule has 4 aromatic rings. The first-order chi connectivity index (χ1) is 18.1. The number of Topliss-reactive ketones (excluding diaryl/α,β-unsaturated/α-hetero) is 2. The highest BCUT2D eigenvalue weighted by Gasteiger charge is 2.27. The van der Waals surface area contributed by atoms with Gasteiger partial charge in [0.05, 0.1) is 0 Å². The third kappa shape index (κ3) is 4.92. The molecule has 2 aliphatic rings. The van der Waals surface area contributed by atoms with E-state index in [1.807, 2.05) is 24.3 Å². The van der Waals surface area contributed by atoms with Crippen LogP contribution in [0.1, 0.15) is 44.9 Å². The van der Waals surface area contributed by atoms with E-state index >= 15 is 0 Å². The molecule has 2 aliphatic carbocycles.